The van der Waals surface area contributed by atoms with E-state index in [1.807, 2.05) is 28.1 Å². The van der Waals surface area contributed by atoms with Crippen molar-refractivity contribution < 1.29 is 42.1 Å². The number of hydrogen-bond donors (Lipinski definition) is 1. The zero-order valence-electron chi connectivity index (χ0n) is 33.6. The Bertz CT molecular complexity index is 850. The van der Waals surface area contributed by atoms with Gasteiger partial charge in [0.25, 0.3) is 0 Å². The van der Waals surface area contributed by atoms with Crippen molar-refractivity contribution in [1.29, 1.82) is 0 Å². The van der Waals surface area contributed by atoms with Crippen molar-refractivity contribution in [2.24, 2.45) is 0 Å². The first kappa shape index (κ1) is 49.0. The molecule has 0 aliphatic heterocycles. The third-order valence-electron chi connectivity index (χ3n) is 9.11. The van der Waals surface area contributed by atoms with E-state index >= 15 is 0 Å². The highest BCUT2D eigenvalue weighted by atomic mass is 31.2. The second-order valence-corrected chi connectivity index (χ2v) is 16.9. The van der Waals surface area contributed by atoms with Crippen LogP contribution in [0.3, 0.4) is 0 Å². The molecule has 50 heavy (non-hydrogen) atoms. The van der Waals surface area contributed by atoms with E-state index in [-0.39, 0.29) is 19.0 Å². The number of likely N-dealkylation sites (N-methyl/N-ethyl adjacent to an activating group) is 1. The Balaban J connectivity index is 4.57. The first-order chi connectivity index (χ1) is 23.9. The molecule has 9 nitrogen and oxygen atoms in total. The summed E-state index contributed by atoms with van der Waals surface area (Å²) in [6.07, 6.45) is 28.6. The van der Waals surface area contributed by atoms with Crippen LogP contribution in [0.5, 0.6) is 0 Å². The van der Waals surface area contributed by atoms with Crippen molar-refractivity contribution >= 4 is 19.8 Å². The minimum absolute atomic E-state index is 0.225. The Morgan fingerprint density at radius 3 is 1.32 bits per heavy atom. The Morgan fingerprint density at radius 1 is 0.560 bits per heavy atom. The van der Waals surface area contributed by atoms with Crippen LogP contribution in [0.15, 0.2) is 0 Å². The van der Waals surface area contributed by atoms with Gasteiger partial charge < -0.3 is 18.9 Å². The number of carbonyl (C=O) groups is 2. The summed E-state index contributed by atoms with van der Waals surface area (Å²) in [5.41, 5.74) is 0. The molecule has 0 fully saturated rings. The number of rotatable bonds is 37. The number of phosphoric acid groups is 1. The Labute approximate surface area is 308 Å². The van der Waals surface area contributed by atoms with E-state index in [0.29, 0.717) is 30.3 Å². The molecule has 0 aromatic carbocycles. The van der Waals surface area contributed by atoms with Crippen LogP contribution in [-0.2, 0) is 32.7 Å². The summed E-state index contributed by atoms with van der Waals surface area (Å²) in [4.78, 5) is 35.6. The molecule has 0 saturated carbocycles. The largest absolute Gasteiger partial charge is 0.472 e. The molecule has 0 rings (SSSR count). The van der Waals surface area contributed by atoms with Crippen molar-refractivity contribution in [2.45, 2.75) is 206 Å². The van der Waals surface area contributed by atoms with Gasteiger partial charge in [-0.2, -0.15) is 0 Å². The summed E-state index contributed by atoms with van der Waals surface area (Å²) in [7, 11) is 1.51. The summed E-state index contributed by atoms with van der Waals surface area (Å²) >= 11 is 0. The lowest BCUT2D eigenvalue weighted by atomic mass is 10.0. The van der Waals surface area contributed by atoms with E-state index in [2.05, 4.69) is 13.8 Å². The first-order valence-corrected chi connectivity index (χ1v) is 22.2. The van der Waals surface area contributed by atoms with Crippen molar-refractivity contribution in [3.05, 3.63) is 0 Å². The second kappa shape index (κ2) is 32.6. The van der Waals surface area contributed by atoms with Gasteiger partial charge in [0.2, 0.25) is 0 Å². The maximum atomic E-state index is 12.8. The number of ether oxygens (including phenoxy) is 2. The average Bonchev–Trinajstić information content (AvgIpc) is 3.05. The molecule has 3 atom stereocenters. The monoisotopic (exact) mass is 735 g/mol. The fourth-order valence-electron chi connectivity index (χ4n) is 6.08. The minimum Gasteiger partial charge on any atom is -0.462 e. The fourth-order valence-corrected chi connectivity index (χ4v) is 7.09. The Kier molecular flexibility index (Phi) is 32.0. The normalized spacial score (nSPS) is 14.3. The number of esters is 2. The molecule has 0 aromatic heterocycles. The molecule has 0 amide bonds. The maximum Gasteiger partial charge on any atom is 0.472 e. The molecule has 0 saturated heterocycles. The summed E-state index contributed by atoms with van der Waals surface area (Å²) in [6, 6.07) is 0. The summed E-state index contributed by atoms with van der Waals surface area (Å²) in [6.45, 7) is 6.28. The highest BCUT2D eigenvalue weighted by molar-refractivity contribution is 7.47. The van der Waals surface area contributed by atoms with E-state index in [1.54, 1.807) is 0 Å². The lowest BCUT2D eigenvalue weighted by Crippen LogP contribution is -2.42. The third kappa shape index (κ3) is 34.1. The fraction of sp³-hybridized carbons (Fsp3) is 0.950. The van der Waals surface area contributed by atoms with Crippen molar-refractivity contribution in [2.75, 3.05) is 40.9 Å². The third-order valence-corrected chi connectivity index (χ3v) is 10.1. The molecule has 0 heterocycles. The molecule has 298 valence electrons. The zero-order valence-corrected chi connectivity index (χ0v) is 34.5. The number of nitrogens with zero attached hydrogens (tertiary/aromatic N) is 1. The Hall–Kier alpha value is -0.990. The first-order valence-electron chi connectivity index (χ1n) is 20.7. The molecule has 0 aliphatic rings. The molecule has 10 heteroatoms. The number of phosphoric ester groups is 1. The van der Waals surface area contributed by atoms with Crippen LogP contribution in [0.1, 0.15) is 194 Å². The number of unbranched alkanes of at least 4 members (excludes halogenated alkanes) is 22. The predicted octanol–water partition coefficient (Wildman–Crippen LogP) is 11.2. The van der Waals surface area contributed by atoms with Crippen LogP contribution in [-0.4, -0.2) is 74.4 Å². The van der Waals surface area contributed by atoms with Gasteiger partial charge in [-0.1, -0.05) is 162 Å². The smallest absolute Gasteiger partial charge is 0.462 e. The van der Waals surface area contributed by atoms with E-state index in [1.165, 1.54) is 116 Å². The molecule has 1 N–H and O–H groups in total. The lowest BCUT2D eigenvalue weighted by molar-refractivity contribution is -0.873. The van der Waals surface area contributed by atoms with Gasteiger partial charge >= 0.3 is 19.8 Å². The molecular formula is C40H81NO8P+. The Morgan fingerprint density at radius 2 is 0.940 bits per heavy atom. The van der Waals surface area contributed by atoms with Crippen LogP contribution >= 0.6 is 7.82 Å². The summed E-state index contributed by atoms with van der Waals surface area (Å²) in [5.74, 6) is -0.788. The quantitative estimate of drug-likeness (QED) is 0.0291. The molecule has 2 unspecified atom stereocenters. The van der Waals surface area contributed by atoms with Crippen LogP contribution in [0.25, 0.3) is 0 Å². The topological polar surface area (TPSA) is 108 Å². The van der Waals surface area contributed by atoms with Crippen molar-refractivity contribution in [1.82, 2.24) is 0 Å². The number of hydrogen-bond acceptors (Lipinski definition) is 7. The van der Waals surface area contributed by atoms with E-state index < -0.39 is 32.6 Å². The average molecular weight is 735 g/mol. The van der Waals surface area contributed by atoms with E-state index in [0.717, 1.165) is 32.1 Å². The standard InChI is InChI=1S/C40H80NO8P/c1-7-10-12-14-16-18-20-21-23-24-26-28-30-32-39(42)46-35-38(36-47-50(44,45)49-37(9-3)34-41(4,5)6)48-40(43)33-31-29-27-25-22-19-17-15-13-11-8-2/h37-38H,7-36H2,1-6H3/p+1/t37?,38-/m1/s1. The SMILES string of the molecule is CCCCCCCCCCCCCCCC(=O)OC[C@H](COP(=O)(O)OC(CC)C[N+](C)(C)C)OC(=O)CCCCCCCCCCCCC. The van der Waals surface area contributed by atoms with Gasteiger partial charge in [0, 0.05) is 12.8 Å². The zero-order chi connectivity index (χ0) is 37.4. The van der Waals surface area contributed by atoms with Gasteiger partial charge in [0.15, 0.2) is 6.10 Å². The van der Waals surface area contributed by atoms with Gasteiger partial charge in [0.05, 0.1) is 27.7 Å². The van der Waals surface area contributed by atoms with Crippen LogP contribution < -0.4 is 0 Å². The number of carbonyl (C=O) groups excluding carboxylic acids is 2. The van der Waals surface area contributed by atoms with Gasteiger partial charge in [-0.15, -0.1) is 0 Å². The highest BCUT2D eigenvalue weighted by Crippen LogP contribution is 2.45. The predicted molar refractivity (Wildman–Crippen MR) is 206 cm³/mol. The second-order valence-electron chi connectivity index (χ2n) is 15.4. The molecule has 0 spiro atoms. The van der Waals surface area contributed by atoms with Crippen molar-refractivity contribution in [3.8, 4) is 0 Å². The molecule has 0 bridgehead atoms. The van der Waals surface area contributed by atoms with Crippen molar-refractivity contribution in [3.63, 3.8) is 0 Å². The summed E-state index contributed by atoms with van der Waals surface area (Å²) in [5, 5.41) is 0. The molecule has 0 aliphatic carbocycles. The lowest BCUT2D eigenvalue weighted by Gasteiger charge is -2.29. The summed E-state index contributed by atoms with van der Waals surface area (Å²) < 4.78 is 35.1. The maximum absolute atomic E-state index is 12.8. The van der Waals surface area contributed by atoms with Gasteiger partial charge in [-0.3, -0.25) is 18.6 Å². The van der Waals surface area contributed by atoms with Gasteiger partial charge in [-0.25, -0.2) is 4.57 Å². The van der Waals surface area contributed by atoms with E-state index in [9.17, 15) is 19.0 Å². The van der Waals surface area contributed by atoms with Gasteiger partial charge in [-0.05, 0) is 19.3 Å². The minimum atomic E-state index is -4.43. The number of quaternary nitrogens is 1. The van der Waals surface area contributed by atoms with E-state index in [4.69, 9.17) is 18.5 Å². The highest BCUT2D eigenvalue weighted by Gasteiger charge is 2.31. The molecule has 0 aromatic rings. The van der Waals surface area contributed by atoms with Crippen LogP contribution in [0.2, 0.25) is 0 Å². The molecular weight excluding hydrogens is 653 g/mol. The van der Waals surface area contributed by atoms with Crippen LogP contribution in [0, 0.1) is 0 Å². The molecule has 0 radical (unpaired) electrons. The van der Waals surface area contributed by atoms with Gasteiger partial charge in [0.1, 0.15) is 19.3 Å². The van der Waals surface area contributed by atoms with Crippen LogP contribution in [0.4, 0.5) is 0 Å².